The van der Waals surface area contributed by atoms with E-state index in [-0.39, 0.29) is 4.90 Å². The van der Waals surface area contributed by atoms with E-state index in [4.69, 9.17) is 0 Å². The van der Waals surface area contributed by atoms with Gasteiger partial charge in [0.2, 0.25) is 5.13 Å². The third-order valence-corrected chi connectivity index (χ3v) is 10.2. The Kier molecular flexibility index (Phi) is 7.46. The topological polar surface area (TPSA) is 82.9 Å². The van der Waals surface area contributed by atoms with E-state index in [0.29, 0.717) is 22.9 Å². The predicted molar refractivity (Wildman–Crippen MR) is 169 cm³/mol. The SMILES string of the molecule is Cc1ccc2nc(N(/N=C/c3ccc(Br)cc3)C(=O)c3ccc(S(=O)(=O)N4CCCc5ccccc54)cc3)sc2c1. The average molecular weight is 646 g/mol. The van der Waals surface area contributed by atoms with Crippen LogP contribution >= 0.6 is 27.3 Å². The van der Waals surface area contributed by atoms with Crippen LogP contribution in [-0.4, -0.2) is 32.1 Å². The molecule has 1 aliphatic heterocycles. The summed E-state index contributed by atoms with van der Waals surface area (Å²) in [5, 5.41) is 6.21. The fourth-order valence-electron chi connectivity index (χ4n) is 4.74. The number of aromatic nitrogens is 1. The molecule has 1 amide bonds. The molecule has 5 aromatic rings. The number of fused-ring (bicyclic) bond motifs is 2. The highest BCUT2D eigenvalue weighted by molar-refractivity contribution is 9.10. The Balaban J connectivity index is 1.33. The van der Waals surface area contributed by atoms with Gasteiger partial charge in [0, 0.05) is 16.6 Å². The lowest BCUT2D eigenvalue weighted by Crippen LogP contribution is -2.35. The number of nitrogens with zero attached hydrogens (tertiary/aromatic N) is 4. The van der Waals surface area contributed by atoms with Gasteiger partial charge in [0.05, 0.1) is 27.0 Å². The standard InChI is InChI=1S/C31H25BrN4O3S2/c1-21-8-17-27-29(19-21)40-31(34-27)36(33-20-22-9-13-25(32)14-10-22)30(37)24-11-15-26(16-12-24)41(38,39)35-18-4-6-23-5-2-3-7-28(23)35/h2-3,5,7-17,19-20H,4,6,18H2,1H3/b33-20+. The molecule has 0 bridgehead atoms. The first-order valence-electron chi connectivity index (χ1n) is 13.0. The summed E-state index contributed by atoms with van der Waals surface area (Å²) in [5.41, 5.74) is 4.70. The van der Waals surface area contributed by atoms with Crippen molar-refractivity contribution < 1.29 is 13.2 Å². The van der Waals surface area contributed by atoms with Crippen molar-refractivity contribution >= 4 is 70.4 Å². The molecule has 41 heavy (non-hydrogen) atoms. The maximum Gasteiger partial charge on any atom is 0.280 e. The lowest BCUT2D eigenvalue weighted by Gasteiger charge is -2.30. The lowest BCUT2D eigenvalue weighted by atomic mass is 10.0. The number of carbonyl (C=O) groups excluding carboxylic acids is 1. The largest absolute Gasteiger partial charge is 0.280 e. The lowest BCUT2D eigenvalue weighted by molar-refractivity contribution is 0.0987. The number of sulfonamides is 1. The van der Waals surface area contributed by atoms with E-state index in [1.54, 1.807) is 6.21 Å². The number of rotatable bonds is 6. The molecule has 10 heteroatoms. The fourth-order valence-corrected chi connectivity index (χ4v) is 7.57. The van der Waals surface area contributed by atoms with E-state index in [1.165, 1.54) is 44.9 Å². The maximum atomic E-state index is 13.8. The van der Waals surface area contributed by atoms with Crippen LogP contribution in [0.4, 0.5) is 10.8 Å². The first-order chi connectivity index (χ1) is 19.8. The Bertz CT molecular complexity index is 1890. The highest BCUT2D eigenvalue weighted by Gasteiger charge is 2.29. The van der Waals surface area contributed by atoms with Crippen LogP contribution in [0, 0.1) is 6.92 Å². The molecule has 0 saturated carbocycles. The van der Waals surface area contributed by atoms with Gasteiger partial charge in [-0.2, -0.15) is 10.1 Å². The Morgan fingerprint density at radius 2 is 1.78 bits per heavy atom. The monoisotopic (exact) mass is 644 g/mol. The van der Waals surface area contributed by atoms with E-state index >= 15 is 0 Å². The van der Waals surface area contributed by atoms with Gasteiger partial charge in [-0.1, -0.05) is 63.7 Å². The Labute approximate surface area is 251 Å². The molecule has 1 aliphatic rings. The zero-order valence-corrected chi connectivity index (χ0v) is 25.3. The van der Waals surface area contributed by atoms with Gasteiger partial charge in [0.25, 0.3) is 15.9 Å². The van der Waals surface area contributed by atoms with Crippen LogP contribution in [0.3, 0.4) is 0 Å². The number of aryl methyl sites for hydroxylation is 2. The second-order valence-corrected chi connectivity index (χ2v) is 13.5. The van der Waals surface area contributed by atoms with Crippen molar-refractivity contribution in [3.05, 3.63) is 118 Å². The Hall–Kier alpha value is -3.86. The smallest absolute Gasteiger partial charge is 0.267 e. The molecular weight excluding hydrogens is 620 g/mol. The number of hydrazone groups is 1. The minimum Gasteiger partial charge on any atom is -0.267 e. The van der Waals surface area contributed by atoms with Gasteiger partial charge in [-0.3, -0.25) is 9.10 Å². The van der Waals surface area contributed by atoms with Crippen molar-refractivity contribution in [2.75, 3.05) is 15.9 Å². The van der Waals surface area contributed by atoms with Gasteiger partial charge in [0.15, 0.2) is 0 Å². The van der Waals surface area contributed by atoms with Crippen LogP contribution in [-0.2, 0) is 16.4 Å². The second-order valence-electron chi connectivity index (χ2n) is 9.71. The summed E-state index contributed by atoms with van der Waals surface area (Å²) in [5.74, 6) is -0.415. The molecule has 4 aromatic carbocycles. The molecule has 0 saturated heterocycles. The summed E-state index contributed by atoms with van der Waals surface area (Å²) in [4.78, 5) is 18.6. The number of thiazole rings is 1. The number of hydrogen-bond donors (Lipinski definition) is 0. The summed E-state index contributed by atoms with van der Waals surface area (Å²) in [6.07, 6.45) is 3.20. The maximum absolute atomic E-state index is 13.8. The number of hydrogen-bond acceptors (Lipinski definition) is 6. The number of benzene rings is 4. The fraction of sp³-hybridized carbons (Fsp3) is 0.129. The molecule has 0 unspecified atom stereocenters. The second kappa shape index (κ2) is 11.2. The molecule has 1 aromatic heterocycles. The molecule has 206 valence electrons. The van der Waals surface area contributed by atoms with Crippen LogP contribution in [0.2, 0.25) is 0 Å². The van der Waals surface area contributed by atoms with Gasteiger partial charge in [-0.25, -0.2) is 13.4 Å². The highest BCUT2D eigenvalue weighted by Crippen LogP contribution is 2.33. The molecule has 0 N–H and O–H groups in total. The zero-order valence-electron chi connectivity index (χ0n) is 22.1. The van der Waals surface area contributed by atoms with Gasteiger partial charge < -0.3 is 0 Å². The van der Waals surface area contributed by atoms with Crippen molar-refractivity contribution in [3.63, 3.8) is 0 Å². The predicted octanol–water partition coefficient (Wildman–Crippen LogP) is 7.19. The highest BCUT2D eigenvalue weighted by atomic mass is 79.9. The molecule has 7 nitrogen and oxygen atoms in total. The van der Waals surface area contributed by atoms with E-state index in [9.17, 15) is 13.2 Å². The van der Waals surface area contributed by atoms with Gasteiger partial charge in [0.1, 0.15) is 0 Å². The number of amides is 1. The summed E-state index contributed by atoms with van der Waals surface area (Å²) in [6.45, 7) is 2.42. The molecule has 0 aliphatic carbocycles. The van der Waals surface area contributed by atoms with E-state index < -0.39 is 15.9 Å². The van der Waals surface area contributed by atoms with Gasteiger partial charge in [-0.15, -0.1) is 0 Å². The third-order valence-electron chi connectivity index (χ3n) is 6.86. The number of carbonyl (C=O) groups is 1. The van der Waals surface area contributed by atoms with Gasteiger partial charge in [-0.05, 0) is 91.1 Å². The number of anilines is 2. The Morgan fingerprint density at radius 3 is 2.56 bits per heavy atom. The minimum absolute atomic E-state index is 0.131. The van der Waals surface area contributed by atoms with Crippen molar-refractivity contribution in [1.82, 2.24) is 4.98 Å². The Morgan fingerprint density at radius 1 is 1.02 bits per heavy atom. The number of para-hydroxylation sites is 1. The first-order valence-corrected chi connectivity index (χ1v) is 16.1. The molecule has 0 radical (unpaired) electrons. The van der Waals surface area contributed by atoms with Crippen molar-refractivity contribution in [2.24, 2.45) is 5.10 Å². The van der Waals surface area contributed by atoms with Crippen molar-refractivity contribution in [1.29, 1.82) is 0 Å². The molecular formula is C31H25BrN4O3S2. The molecule has 6 rings (SSSR count). The van der Waals surface area contributed by atoms with Crippen LogP contribution in [0.25, 0.3) is 10.2 Å². The van der Waals surface area contributed by atoms with Gasteiger partial charge >= 0.3 is 0 Å². The summed E-state index contributed by atoms with van der Waals surface area (Å²) < 4.78 is 30.5. The van der Waals surface area contributed by atoms with Crippen LogP contribution < -0.4 is 9.31 Å². The van der Waals surface area contributed by atoms with Crippen molar-refractivity contribution in [2.45, 2.75) is 24.7 Å². The van der Waals surface area contributed by atoms with E-state index in [2.05, 4.69) is 26.0 Å². The zero-order chi connectivity index (χ0) is 28.6. The molecule has 0 fully saturated rings. The normalized spacial score (nSPS) is 13.5. The summed E-state index contributed by atoms with van der Waals surface area (Å²) in [7, 11) is -3.80. The minimum atomic E-state index is -3.80. The quantitative estimate of drug-likeness (QED) is 0.145. The third kappa shape index (κ3) is 5.55. The van der Waals surface area contributed by atoms with Crippen molar-refractivity contribution in [3.8, 4) is 0 Å². The van der Waals surface area contributed by atoms with E-state index in [0.717, 1.165) is 44.2 Å². The van der Waals surface area contributed by atoms with Crippen LogP contribution in [0.5, 0.6) is 0 Å². The molecule has 0 atom stereocenters. The first kappa shape index (κ1) is 27.3. The molecule has 2 heterocycles. The van der Waals surface area contributed by atoms with E-state index in [1.807, 2.05) is 73.7 Å². The molecule has 0 spiro atoms. The number of halogens is 1. The van der Waals surface area contributed by atoms with Crippen LogP contribution in [0.1, 0.15) is 33.5 Å². The summed E-state index contributed by atoms with van der Waals surface area (Å²) >= 11 is 4.80. The average Bonchev–Trinajstić information content (AvgIpc) is 3.40. The summed E-state index contributed by atoms with van der Waals surface area (Å²) in [6, 6.07) is 27.1. The van der Waals surface area contributed by atoms with Crippen LogP contribution in [0.15, 0.2) is 105 Å².